The maximum Gasteiger partial charge on any atom is 0.283 e. The Balaban J connectivity index is 1.52. The Morgan fingerprint density at radius 1 is 1.19 bits per heavy atom. The second-order valence-electron chi connectivity index (χ2n) is 7.27. The van der Waals surface area contributed by atoms with Crippen molar-refractivity contribution in [3.8, 4) is 11.4 Å². The number of furan rings is 1. The van der Waals surface area contributed by atoms with Crippen molar-refractivity contribution < 1.29 is 13.9 Å². The van der Waals surface area contributed by atoms with Gasteiger partial charge in [-0.1, -0.05) is 6.07 Å². The molecule has 4 heterocycles. The quantitative estimate of drug-likeness (QED) is 0.602. The SMILES string of the molecule is COc1cccc(-n2c(C)cc(C=C3C(=N)N4N=C(c5ccco5)SC4=NC3=O)c2C)c1. The van der Waals surface area contributed by atoms with Crippen LogP contribution in [0.2, 0.25) is 0 Å². The Morgan fingerprint density at radius 3 is 2.78 bits per heavy atom. The molecule has 0 fully saturated rings. The number of thioether (sulfide) groups is 1. The number of aliphatic imine (C=N–C) groups is 1. The van der Waals surface area contributed by atoms with Crippen LogP contribution in [0.5, 0.6) is 5.75 Å². The summed E-state index contributed by atoms with van der Waals surface area (Å²) >= 11 is 1.21. The fourth-order valence-electron chi connectivity index (χ4n) is 3.73. The van der Waals surface area contributed by atoms with Crippen molar-refractivity contribution in [2.24, 2.45) is 10.1 Å². The molecule has 9 heteroatoms. The van der Waals surface area contributed by atoms with Crippen molar-refractivity contribution in [3.63, 3.8) is 0 Å². The Labute approximate surface area is 188 Å². The van der Waals surface area contributed by atoms with Gasteiger partial charge in [0, 0.05) is 23.1 Å². The Bertz CT molecular complexity index is 1350. The lowest BCUT2D eigenvalue weighted by Crippen LogP contribution is -2.35. The number of benzene rings is 1. The van der Waals surface area contributed by atoms with Crippen molar-refractivity contribution in [2.45, 2.75) is 13.8 Å². The van der Waals surface area contributed by atoms with Gasteiger partial charge in [0.05, 0.1) is 18.9 Å². The van der Waals surface area contributed by atoms with Crippen LogP contribution < -0.4 is 4.74 Å². The van der Waals surface area contributed by atoms with E-state index in [0.717, 1.165) is 28.4 Å². The zero-order valence-electron chi connectivity index (χ0n) is 17.6. The number of nitrogens with zero attached hydrogens (tertiary/aromatic N) is 4. The Hall–Kier alpha value is -3.85. The highest BCUT2D eigenvalue weighted by Gasteiger charge is 2.36. The molecule has 32 heavy (non-hydrogen) atoms. The van der Waals surface area contributed by atoms with Crippen LogP contribution in [0.4, 0.5) is 0 Å². The molecule has 0 radical (unpaired) electrons. The summed E-state index contributed by atoms with van der Waals surface area (Å²) < 4.78 is 12.8. The molecular formula is C23H19N5O3S. The highest BCUT2D eigenvalue weighted by Crippen LogP contribution is 2.32. The van der Waals surface area contributed by atoms with Crippen molar-refractivity contribution in [1.82, 2.24) is 9.58 Å². The predicted octanol–water partition coefficient (Wildman–Crippen LogP) is 4.36. The van der Waals surface area contributed by atoms with Crippen LogP contribution in [0.1, 0.15) is 22.7 Å². The molecule has 5 rings (SSSR count). The molecule has 0 saturated heterocycles. The van der Waals surface area contributed by atoms with Crippen molar-refractivity contribution in [2.75, 3.05) is 7.11 Å². The molecule has 1 aromatic carbocycles. The van der Waals surface area contributed by atoms with Crippen LogP contribution in [0.15, 0.2) is 68.8 Å². The largest absolute Gasteiger partial charge is 0.497 e. The normalized spacial score (nSPS) is 17.0. The molecule has 0 atom stereocenters. The molecule has 3 aromatic rings. The Morgan fingerprint density at radius 2 is 2.03 bits per heavy atom. The van der Waals surface area contributed by atoms with Crippen LogP contribution in [0, 0.1) is 19.3 Å². The number of hydrogen-bond donors (Lipinski definition) is 1. The molecule has 8 nitrogen and oxygen atoms in total. The average molecular weight is 446 g/mol. The number of carbonyl (C=O) groups excluding carboxylic acids is 1. The highest BCUT2D eigenvalue weighted by atomic mass is 32.2. The monoisotopic (exact) mass is 445 g/mol. The number of hydrogen-bond acceptors (Lipinski definition) is 6. The Kier molecular flexibility index (Phi) is 4.82. The number of amidine groups is 2. The number of ether oxygens (including phenoxy) is 1. The first-order chi connectivity index (χ1) is 15.5. The first-order valence-electron chi connectivity index (χ1n) is 9.83. The summed E-state index contributed by atoms with van der Waals surface area (Å²) in [6, 6.07) is 13.3. The van der Waals surface area contributed by atoms with E-state index in [1.54, 1.807) is 31.6 Å². The summed E-state index contributed by atoms with van der Waals surface area (Å²) in [6.45, 7) is 3.97. The third-order valence-corrected chi connectivity index (χ3v) is 6.19. The predicted molar refractivity (Wildman–Crippen MR) is 125 cm³/mol. The molecular weight excluding hydrogens is 426 g/mol. The number of rotatable bonds is 4. The van der Waals surface area contributed by atoms with Gasteiger partial charge in [-0.05, 0) is 67.6 Å². The number of carbonyl (C=O) groups is 1. The zero-order chi connectivity index (χ0) is 22.4. The minimum Gasteiger partial charge on any atom is -0.497 e. The third-order valence-electron chi connectivity index (χ3n) is 5.27. The van der Waals surface area contributed by atoms with E-state index >= 15 is 0 Å². The fraction of sp³-hybridized carbons (Fsp3) is 0.130. The van der Waals surface area contributed by atoms with Gasteiger partial charge in [0.15, 0.2) is 16.6 Å². The number of aryl methyl sites for hydroxylation is 1. The summed E-state index contributed by atoms with van der Waals surface area (Å²) in [5.41, 5.74) is 3.91. The van der Waals surface area contributed by atoms with Crippen LogP contribution in [0.3, 0.4) is 0 Å². The van der Waals surface area contributed by atoms with Gasteiger partial charge < -0.3 is 13.7 Å². The number of nitrogens with one attached hydrogen (secondary N) is 1. The van der Waals surface area contributed by atoms with Crippen LogP contribution in [-0.2, 0) is 4.79 Å². The highest BCUT2D eigenvalue weighted by molar-refractivity contribution is 8.27. The van der Waals surface area contributed by atoms with Gasteiger partial charge in [-0.3, -0.25) is 10.2 Å². The summed E-state index contributed by atoms with van der Waals surface area (Å²) in [6.07, 6.45) is 3.26. The van der Waals surface area contributed by atoms with Crippen LogP contribution in [0.25, 0.3) is 11.8 Å². The van der Waals surface area contributed by atoms with E-state index in [1.807, 2.05) is 44.2 Å². The summed E-state index contributed by atoms with van der Waals surface area (Å²) in [7, 11) is 1.63. The van der Waals surface area contributed by atoms with E-state index in [0.29, 0.717) is 16.0 Å². The lowest BCUT2D eigenvalue weighted by Gasteiger charge is -2.20. The molecule has 0 saturated carbocycles. The van der Waals surface area contributed by atoms with E-state index in [9.17, 15) is 4.79 Å². The first kappa shape index (κ1) is 20.1. The van der Waals surface area contributed by atoms with Gasteiger partial charge in [0.1, 0.15) is 5.75 Å². The summed E-state index contributed by atoms with van der Waals surface area (Å²) in [5, 5.41) is 15.3. The molecule has 160 valence electrons. The van der Waals surface area contributed by atoms with Crippen molar-refractivity contribution >= 4 is 39.8 Å². The third kappa shape index (κ3) is 3.27. The van der Waals surface area contributed by atoms with Gasteiger partial charge >= 0.3 is 0 Å². The summed E-state index contributed by atoms with van der Waals surface area (Å²) in [4.78, 5) is 16.9. The summed E-state index contributed by atoms with van der Waals surface area (Å²) in [5.74, 6) is 0.855. The number of methoxy groups -OCH3 is 1. The standard InChI is InChI=1S/C23H19N5O3S/c1-13-10-15(14(2)27(13)16-6-4-7-17(12-16)30-3)11-18-20(24)28-23(25-21(18)29)32-22(26-28)19-8-5-9-31-19/h4-12,24H,1-3H3. The molecule has 1 N–H and O–H groups in total. The number of hydrazone groups is 1. The van der Waals surface area contributed by atoms with Crippen molar-refractivity contribution in [1.29, 1.82) is 5.41 Å². The molecule has 0 aliphatic carbocycles. The number of aromatic nitrogens is 1. The second-order valence-corrected chi connectivity index (χ2v) is 8.22. The number of amides is 1. The topological polar surface area (TPSA) is 96.2 Å². The van der Waals surface area contributed by atoms with Gasteiger partial charge in [-0.15, -0.1) is 0 Å². The molecule has 2 aromatic heterocycles. The van der Waals surface area contributed by atoms with Gasteiger partial charge in [-0.2, -0.15) is 15.1 Å². The van der Waals surface area contributed by atoms with Gasteiger partial charge in [-0.25, -0.2) is 0 Å². The van der Waals surface area contributed by atoms with E-state index in [-0.39, 0.29) is 11.4 Å². The molecule has 0 spiro atoms. The molecule has 2 aliphatic heterocycles. The molecule has 0 bridgehead atoms. The average Bonchev–Trinajstić information content (AvgIpc) is 3.51. The van der Waals surface area contributed by atoms with Gasteiger partial charge in [0.2, 0.25) is 5.17 Å². The minimum absolute atomic E-state index is 0.0137. The van der Waals surface area contributed by atoms with Crippen molar-refractivity contribution in [3.05, 3.63) is 77.0 Å². The van der Waals surface area contributed by atoms with Crippen LogP contribution in [-0.4, -0.2) is 38.6 Å². The molecule has 2 aliphatic rings. The lowest BCUT2D eigenvalue weighted by molar-refractivity contribution is -0.114. The smallest absolute Gasteiger partial charge is 0.283 e. The minimum atomic E-state index is -0.462. The van der Waals surface area contributed by atoms with E-state index in [4.69, 9.17) is 14.6 Å². The molecule has 1 amide bonds. The van der Waals surface area contributed by atoms with Gasteiger partial charge in [0.25, 0.3) is 5.91 Å². The second kappa shape index (κ2) is 7.69. The van der Waals surface area contributed by atoms with E-state index < -0.39 is 5.91 Å². The first-order valence-corrected chi connectivity index (χ1v) is 10.7. The fourth-order valence-corrected chi connectivity index (χ4v) is 4.59. The zero-order valence-corrected chi connectivity index (χ0v) is 18.4. The van der Waals surface area contributed by atoms with E-state index in [1.165, 1.54) is 16.8 Å². The molecule has 0 unspecified atom stereocenters. The maximum atomic E-state index is 12.8. The maximum absolute atomic E-state index is 12.8. The van der Waals surface area contributed by atoms with E-state index in [2.05, 4.69) is 14.7 Å². The number of fused-ring (bicyclic) bond motifs is 1. The lowest BCUT2D eigenvalue weighted by atomic mass is 10.1. The van der Waals surface area contributed by atoms with Crippen LogP contribution >= 0.6 is 11.8 Å².